The maximum atomic E-state index is 13.8. The lowest BCUT2D eigenvalue weighted by Gasteiger charge is -2.17. The van der Waals surface area contributed by atoms with Gasteiger partial charge in [-0.3, -0.25) is 0 Å². The lowest BCUT2D eigenvalue weighted by atomic mass is 10.1. The van der Waals surface area contributed by atoms with Crippen LogP contribution in [0.5, 0.6) is 0 Å². The van der Waals surface area contributed by atoms with Gasteiger partial charge in [-0.05, 0) is 30.9 Å². The second kappa shape index (κ2) is 4.05. The third-order valence-electron chi connectivity index (χ3n) is 3.63. The van der Waals surface area contributed by atoms with Crippen molar-refractivity contribution in [2.75, 3.05) is 0 Å². The molecule has 3 rings (SSSR count). The molecule has 1 aliphatic rings. The smallest absolute Gasteiger partial charge is 0.151 e. The summed E-state index contributed by atoms with van der Waals surface area (Å²) in [5, 5.41) is 0. The molecule has 1 heterocycles. The van der Waals surface area contributed by atoms with E-state index in [4.69, 9.17) is 5.73 Å². The van der Waals surface area contributed by atoms with Gasteiger partial charge in [-0.1, -0.05) is 19.9 Å². The fourth-order valence-corrected chi connectivity index (χ4v) is 2.35. The van der Waals surface area contributed by atoms with Gasteiger partial charge in [0.05, 0.1) is 11.6 Å². The number of nitrogens with zero attached hydrogens (tertiary/aromatic N) is 2. The molecule has 1 unspecified atom stereocenters. The van der Waals surface area contributed by atoms with Gasteiger partial charge in [-0.2, -0.15) is 0 Å². The van der Waals surface area contributed by atoms with Gasteiger partial charge in [-0.15, -0.1) is 0 Å². The minimum Gasteiger partial charge on any atom is -0.323 e. The SMILES string of the molecule is CC(C)C(N)c1nc2c(F)cccc2n1C1CC1. The molecule has 0 radical (unpaired) electrons. The molecule has 4 heteroatoms. The number of benzene rings is 1. The molecule has 0 saturated heterocycles. The van der Waals surface area contributed by atoms with Crippen LogP contribution in [0.1, 0.15) is 44.6 Å². The predicted octanol–water partition coefficient (Wildman–Crippen LogP) is 3.17. The largest absolute Gasteiger partial charge is 0.323 e. The molecular formula is C14H18FN3. The van der Waals surface area contributed by atoms with Crippen LogP contribution in [-0.2, 0) is 0 Å². The first-order valence-electron chi connectivity index (χ1n) is 6.51. The summed E-state index contributed by atoms with van der Waals surface area (Å²) in [7, 11) is 0. The number of para-hydroxylation sites is 1. The topological polar surface area (TPSA) is 43.8 Å². The second-order valence-electron chi connectivity index (χ2n) is 5.45. The van der Waals surface area contributed by atoms with Crippen molar-refractivity contribution in [3.8, 4) is 0 Å². The zero-order valence-electron chi connectivity index (χ0n) is 10.7. The van der Waals surface area contributed by atoms with Crippen LogP contribution in [0, 0.1) is 11.7 Å². The summed E-state index contributed by atoms with van der Waals surface area (Å²) in [6, 6.07) is 5.44. The summed E-state index contributed by atoms with van der Waals surface area (Å²) in [5.74, 6) is 0.860. The van der Waals surface area contributed by atoms with Gasteiger partial charge in [0.25, 0.3) is 0 Å². The summed E-state index contributed by atoms with van der Waals surface area (Å²) in [4.78, 5) is 4.46. The average molecular weight is 247 g/mol. The van der Waals surface area contributed by atoms with Gasteiger partial charge < -0.3 is 10.3 Å². The number of aromatic nitrogens is 2. The molecule has 0 amide bonds. The highest BCUT2D eigenvalue weighted by Gasteiger charge is 2.31. The Labute approximate surface area is 106 Å². The van der Waals surface area contributed by atoms with E-state index in [1.807, 2.05) is 6.07 Å². The van der Waals surface area contributed by atoms with E-state index in [0.717, 1.165) is 24.2 Å². The normalized spacial score (nSPS) is 17.6. The lowest BCUT2D eigenvalue weighted by molar-refractivity contribution is 0.470. The number of imidazole rings is 1. The standard InChI is InChI=1S/C14H18FN3/c1-8(2)12(16)14-17-13-10(15)4-3-5-11(13)18(14)9-6-7-9/h3-5,8-9,12H,6-7,16H2,1-2H3. The Balaban J connectivity index is 2.24. The molecule has 3 nitrogen and oxygen atoms in total. The lowest BCUT2D eigenvalue weighted by Crippen LogP contribution is -2.21. The Morgan fingerprint density at radius 3 is 2.72 bits per heavy atom. The number of nitrogens with two attached hydrogens (primary N) is 1. The van der Waals surface area contributed by atoms with Crippen LogP contribution in [0.4, 0.5) is 4.39 Å². The van der Waals surface area contributed by atoms with Crippen molar-refractivity contribution in [3.63, 3.8) is 0 Å². The van der Waals surface area contributed by atoms with E-state index in [1.54, 1.807) is 6.07 Å². The molecule has 0 bridgehead atoms. The number of fused-ring (bicyclic) bond motifs is 1. The molecule has 0 aliphatic heterocycles. The van der Waals surface area contributed by atoms with E-state index in [0.29, 0.717) is 17.5 Å². The van der Waals surface area contributed by atoms with Gasteiger partial charge >= 0.3 is 0 Å². The number of halogens is 1. The highest BCUT2D eigenvalue weighted by molar-refractivity contribution is 5.77. The fourth-order valence-electron chi connectivity index (χ4n) is 2.35. The zero-order chi connectivity index (χ0) is 12.9. The molecule has 96 valence electrons. The fraction of sp³-hybridized carbons (Fsp3) is 0.500. The van der Waals surface area contributed by atoms with Crippen molar-refractivity contribution in [1.82, 2.24) is 9.55 Å². The summed E-state index contributed by atoms with van der Waals surface area (Å²) in [6.45, 7) is 4.13. The second-order valence-corrected chi connectivity index (χ2v) is 5.45. The molecule has 1 saturated carbocycles. The molecule has 1 aliphatic carbocycles. The summed E-state index contributed by atoms with van der Waals surface area (Å²) in [5.41, 5.74) is 7.54. The van der Waals surface area contributed by atoms with Gasteiger partial charge in [0, 0.05) is 6.04 Å². The highest BCUT2D eigenvalue weighted by atomic mass is 19.1. The maximum Gasteiger partial charge on any atom is 0.151 e. The van der Waals surface area contributed by atoms with E-state index in [2.05, 4.69) is 23.4 Å². The van der Waals surface area contributed by atoms with Crippen molar-refractivity contribution in [1.29, 1.82) is 0 Å². The Morgan fingerprint density at radius 2 is 2.11 bits per heavy atom. The molecule has 18 heavy (non-hydrogen) atoms. The van der Waals surface area contributed by atoms with Crippen LogP contribution in [0.25, 0.3) is 11.0 Å². The summed E-state index contributed by atoms with van der Waals surface area (Å²) in [6.07, 6.45) is 2.28. The van der Waals surface area contributed by atoms with Gasteiger partial charge in [0.2, 0.25) is 0 Å². The molecule has 1 fully saturated rings. The number of hydrogen-bond donors (Lipinski definition) is 1. The molecule has 1 aromatic heterocycles. The van der Waals surface area contributed by atoms with Gasteiger partial charge in [-0.25, -0.2) is 9.37 Å². The van der Waals surface area contributed by atoms with E-state index in [9.17, 15) is 4.39 Å². The third kappa shape index (κ3) is 1.72. The number of rotatable bonds is 3. The molecule has 1 atom stereocenters. The molecule has 2 aromatic rings. The van der Waals surface area contributed by atoms with Crippen molar-refractivity contribution < 1.29 is 4.39 Å². The summed E-state index contributed by atoms with van der Waals surface area (Å²) >= 11 is 0. The summed E-state index contributed by atoms with van der Waals surface area (Å²) < 4.78 is 16.0. The Kier molecular flexibility index (Phi) is 2.63. The monoisotopic (exact) mass is 247 g/mol. The zero-order valence-corrected chi connectivity index (χ0v) is 10.7. The Hall–Kier alpha value is -1.42. The first-order valence-corrected chi connectivity index (χ1v) is 6.51. The highest BCUT2D eigenvalue weighted by Crippen LogP contribution is 2.40. The van der Waals surface area contributed by atoms with Crippen LogP contribution in [-0.4, -0.2) is 9.55 Å². The van der Waals surface area contributed by atoms with Crippen LogP contribution in [0.15, 0.2) is 18.2 Å². The molecule has 1 aromatic carbocycles. The molecule has 2 N–H and O–H groups in total. The molecular weight excluding hydrogens is 229 g/mol. The minimum atomic E-state index is -0.260. The van der Waals surface area contributed by atoms with E-state index in [1.165, 1.54) is 6.07 Å². The first kappa shape index (κ1) is 11.7. The first-order chi connectivity index (χ1) is 8.59. The average Bonchev–Trinajstić information content (AvgIpc) is 3.09. The third-order valence-corrected chi connectivity index (χ3v) is 3.63. The van der Waals surface area contributed by atoms with E-state index >= 15 is 0 Å². The minimum absolute atomic E-state index is 0.141. The van der Waals surface area contributed by atoms with Crippen LogP contribution >= 0.6 is 0 Å². The van der Waals surface area contributed by atoms with E-state index in [-0.39, 0.29) is 11.9 Å². The predicted molar refractivity (Wildman–Crippen MR) is 69.7 cm³/mol. The number of hydrogen-bond acceptors (Lipinski definition) is 2. The van der Waals surface area contributed by atoms with Crippen LogP contribution < -0.4 is 5.73 Å². The quantitative estimate of drug-likeness (QED) is 0.905. The van der Waals surface area contributed by atoms with Crippen molar-refractivity contribution in [3.05, 3.63) is 29.8 Å². The van der Waals surface area contributed by atoms with Gasteiger partial charge in [0.1, 0.15) is 11.3 Å². The van der Waals surface area contributed by atoms with Crippen molar-refractivity contribution in [2.24, 2.45) is 11.7 Å². The Bertz CT molecular complexity index is 584. The van der Waals surface area contributed by atoms with Gasteiger partial charge in [0.15, 0.2) is 5.82 Å². The van der Waals surface area contributed by atoms with E-state index < -0.39 is 0 Å². The van der Waals surface area contributed by atoms with Crippen molar-refractivity contribution in [2.45, 2.75) is 38.8 Å². The van der Waals surface area contributed by atoms with Crippen LogP contribution in [0.3, 0.4) is 0 Å². The molecule has 0 spiro atoms. The van der Waals surface area contributed by atoms with Crippen LogP contribution in [0.2, 0.25) is 0 Å². The maximum absolute atomic E-state index is 13.8. The Morgan fingerprint density at radius 1 is 1.39 bits per heavy atom. The van der Waals surface area contributed by atoms with Crippen molar-refractivity contribution >= 4 is 11.0 Å².